The monoisotopic (exact) mass is 180 g/mol. The molecular formula is C10H16N2O. The Bertz CT molecular complexity index is 322. The third-order valence-corrected chi connectivity index (χ3v) is 1.93. The molecule has 0 spiro atoms. The Balaban J connectivity index is 2.94. The van der Waals surface area contributed by atoms with Gasteiger partial charge in [0.1, 0.15) is 11.5 Å². The van der Waals surface area contributed by atoms with Crippen molar-refractivity contribution in [2.75, 3.05) is 0 Å². The van der Waals surface area contributed by atoms with E-state index < -0.39 is 0 Å². The van der Waals surface area contributed by atoms with Gasteiger partial charge >= 0.3 is 0 Å². The Morgan fingerprint density at radius 3 is 2.54 bits per heavy atom. The van der Waals surface area contributed by atoms with E-state index in [4.69, 9.17) is 10.2 Å². The number of nitrogens with zero attached hydrogens (tertiary/aromatic N) is 1. The number of amidine groups is 1. The molecule has 0 saturated heterocycles. The molecule has 1 aromatic heterocycles. The summed E-state index contributed by atoms with van der Waals surface area (Å²) in [5.41, 5.74) is 6.62. The van der Waals surface area contributed by atoms with Gasteiger partial charge in [-0.15, -0.1) is 0 Å². The minimum atomic E-state index is 0.0856. The fourth-order valence-electron chi connectivity index (χ4n) is 1.44. The average molecular weight is 180 g/mol. The molecule has 0 amide bonds. The van der Waals surface area contributed by atoms with E-state index in [2.05, 4.69) is 4.99 Å². The van der Waals surface area contributed by atoms with Gasteiger partial charge in [0.2, 0.25) is 0 Å². The van der Waals surface area contributed by atoms with Crippen LogP contribution in [0.4, 0.5) is 0 Å². The van der Waals surface area contributed by atoms with Crippen LogP contribution in [0, 0.1) is 13.8 Å². The normalized spacial score (nSPS) is 14.6. The van der Waals surface area contributed by atoms with Gasteiger partial charge in [-0.3, -0.25) is 4.99 Å². The van der Waals surface area contributed by atoms with Crippen LogP contribution in [0.15, 0.2) is 15.5 Å². The second kappa shape index (κ2) is 3.64. The minimum absolute atomic E-state index is 0.0856. The van der Waals surface area contributed by atoms with E-state index in [-0.39, 0.29) is 6.04 Å². The Morgan fingerprint density at radius 1 is 1.54 bits per heavy atom. The molecule has 0 radical (unpaired) electrons. The first-order valence-corrected chi connectivity index (χ1v) is 4.37. The predicted molar refractivity (Wildman–Crippen MR) is 53.9 cm³/mol. The van der Waals surface area contributed by atoms with Gasteiger partial charge in [-0.25, -0.2) is 0 Å². The van der Waals surface area contributed by atoms with Crippen molar-refractivity contribution in [2.45, 2.75) is 33.7 Å². The van der Waals surface area contributed by atoms with Gasteiger partial charge in [-0.05, 0) is 33.8 Å². The minimum Gasteiger partial charge on any atom is -0.466 e. The molecule has 0 aromatic carbocycles. The molecule has 72 valence electrons. The van der Waals surface area contributed by atoms with Crippen LogP contribution in [0.1, 0.15) is 37.0 Å². The molecule has 2 N–H and O–H groups in total. The van der Waals surface area contributed by atoms with Crippen molar-refractivity contribution in [1.82, 2.24) is 0 Å². The molecule has 1 aromatic rings. The molecule has 0 aliphatic heterocycles. The smallest absolute Gasteiger partial charge is 0.106 e. The third kappa shape index (κ3) is 2.34. The summed E-state index contributed by atoms with van der Waals surface area (Å²) in [4.78, 5) is 4.26. The number of rotatable bonds is 2. The van der Waals surface area contributed by atoms with E-state index in [1.165, 1.54) is 0 Å². The van der Waals surface area contributed by atoms with Crippen LogP contribution in [0.3, 0.4) is 0 Å². The highest BCUT2D eigenvalue weighted by Crippen LogP contribution is 2.23. The maximum Gasteiger partial charge on any atom is 0.106 e. The standard InChI is InChI=1S/C10H16N2O/c1-6-5-10(8(3)13-6)7(2)12-9(4)11/h5,7H,1-4H3,(H2,11,12). The van der Waals surface area contributed by atoms with Crippen molar-refractivity contribution in [1.29, 1.82) is 0 Å². The van der Waals surface area contributed by atoms with Crippen molar-refractivity contribution in [3.05, 3.63) is 23.2 Å². The number of hydrogen-bond acceptors (Lipinski definition) is 2. The summed E-state index contributed by atoms with van der Waals surface area (Å²) in [5.74, 6) is 2.45. The largest absolute Gasteiger partial charge is 0.466 e. The first kappa shape index (κ1) is 9.84. The number of nitrogens with two attached hydrogens (primary N) is 1. The van der Waals surface area contributed by atoms with Crippen molar-refractivity contribution in [3.63, 3.8) is 0 Å². The van der Waals surface area contributed by atoms with Gasteiger partial charge in [0.05, 0.1) is 11.9 Å². The summed E-state index contributed by atoms with van der Waals surface area (Å²) in [7, 11) is 0. The second-order valence-corrected chi connectivity index (χ2v) is 3.32. The van der Waals surface area contributed by atoms with E-state index in [0.29, 0.717) is 5.84 Å². The predicted octanol–water partition coefficient (Wildman–Crippen LogP) is 2.33. The maximum atomic E-state index is 5.51. The van der Waals surface area contributed by atoms with E-state index in [1.807, 2.05) is 26.8 Å². The van der Waals surface area contributed by atoms with Crippen molar-refractivity contribution < 1.29 is 4.42 Å². The topological polar surface area (TPSA) is 51.5 Å². The lowest BCUT2D eigenvalue weighted by Crippen LogP contribution is -2.07. The Hall–Kier alpha value is -1.25. The van der Waals surface area contributed by atoms with Gasteiger partial charge in [0.25, 0.3) is 0 Å². The highest BCUT2D eigenvalue weighted by atomic mass is 16.3. The van der Waals surface area contributed by atoms with Crippen LogP contribution in [0.5, 0.6) is 0 Å². The van der Waals surface area contributed by atoms with Crippen molar-refractivity contribution in [3.8, 4) is 0 Å². The second-order valence-electron chi connectivity index (χ2n) is 3.32. The molecule has 0 saturated carbocycles. The molecule has 3 heteroatoms. The summed E-state index contributed by atoms with van der Waals surface area (Å²) in [6, 6.07) is 2.09. The quantitative estimate of drug-likeness (QED) is 0.561. The molecule has 1 rings (SSSR count). The molecule has 1 unspecified atom stereocenters. The Kier molecular flexibility index (Phi) is 2.76. The number of aryl methyl sites for hydroxylation is 2. The lowest BCUT2D eigenvalue weighted by atomic mass is 10.1. The summed E-state index contributed by atoms with van der Waals surface area (Å²) >= 11 is 0. The van der Waals surface area contributed by atoms with Crippen LogP contribution >= 0.6 is 0 Å². The van der Waals surface area contributed by atoms with Crippen LogP contribution in [-0.4, -0.2) is 5.84 Å². The van der Waals surface area contributed by atoms with E-state index in [9.17, 15) is 0 Å². The first-order chi connectivity index (χ1) is 6.00. The number of furan rings is 1. The van der Waals surface area contributed by atoms with E-state index in [1.54, 1.807) is 6.92 Å². The van der Waals surface area contributed by atoms with Gasteiger partial charge in [-0.1, -0.05) is 0 Å². The lowest BCUT2D eigenvalue weighted by molar-refractivity contribution is 0.499. The Labute approximate surface area is 78.7 Å². The highest BCUT2D eigenvalue weighted by Gasteiger charge is 2.10. The molecular weight excluding hydrogens is 164 g/mol. The maximum absolute atomic E-state index is 5.51. The number of aliphatic imine (C=N–C) groups is 1. The molecule has 0 aliphatic rings. The third-order valence-electron chi connectivity index (χ3n) is 1.93. The van der Waals surface area contributed by atoms with Gasteiger partial charge < -0.3 is 10.2 Å². The van der Waals surface area contributed by atoms with Crippen molar-refractivity contribution in [2.24, 2.45) is 10.7 Å². The SMILES string of the molecule is CC(N)=NC(C)c1cc(C)oc1C. The highest BCUT2D eigenvalue weighted by molar-refractivity contribution is 5.77. The summed E-state index contributed by atoms with van der Waals surface area (Å²) in [6.07, 6.45) is 0. The number of hydrogen-bond donors (Lipinski definition) is 1. The fourth-order valence-corrected chi connectivity index (χ4v) is 1.44. The zero-order chi connectivity index (χ0) is 10.0. The van der Waals surface area contributed by atoms with E-state index >= 15 is 0 Å². The van der Waals surface area contributed by atoms with Gasteiger partial charge in [0, 0.05) is 5.56 Å². The first-order valence-electron chi connectivity index (χ1n) is 4.37. The lowest BCUT2D eigenvalue weighted by Gasteiger charge is -2.04. The molecule has 1 atom stereocenters. The summed E-state index contributed by atoms with van der Waals surface area (Å²) in [5, 5.41) is 0. The average Bonchev–Trinajstić information content (AvgIpc) is 2.28. The van der Waals surface area contributed by atoms with Crippen LogP contribution in [0.25, 0.3) is 0 Å². The van der Waals surface area contributed by atoms with E-state index in [0.717, 1.165) is 17.1 Å². The molecule has 0 aliphatic carbocycles. The van der Waals surface area contributed by atoms with Crippen molar-refractivity contribution >= 4 is 5.84 Å². The Morgan fingerprint density at radius 2 is 2.15 bits per heavy atom. The van der Waals surface area contributed by atoms with Gasteiger partial charge in [-0.2, -0.15) is 0 Å². The molecule has 0 bridgehead atoms. The molecule has 1 heterocycles. The zero-order valence-electron chi connectivity index (χ0n) is 8.59. The van der Waals surface area contributed by atoms with Crippen LogP contribution < -0.4 is 5.73 Å². The zero-order valence-corrected chi connectivity index (χ0v) is 8.59. The summed E-state index contributed by atoms with van der Waals surface area (Å²) in [6.45, 7) is 7.68. The summed E-state index contributed by atoms with van der Waals surface area (Å²) < 4.78 is 5.41. The molecule has 3 nitrogen and oxygen atoms in total. The van der Waals surface area contributed by atoms with Crippen LogP contribution in [-0.2, 0) is 0 Å². The van der Waals surface area contributed by atoms with Gasteiger partial charge in [0.15, 0.2) is 0 Å². The van der Waals surface area contributed by atoms with Crippen LogP contribution in [0.2, 0.25) is 0 Å². The molecule has 13 heavy (non-hydrogen) atoms. The fraction of sp³-hybridized carbons (Fsp3) is 0.500. The molecule has 0 fully saturated rings.